The van der Waals surface area contributed by atoms with Gasteiger partial charge in [-0.1, -0.05) is 188 Å². The van der Waals surface area contributed by atoms with Crippen molar-refractivity contribution in [2.45, 2.75) is 0 Å². The second kappa shape index (κ2) is 15.2. The van der Waals surface area contributed by atoms with E-state index in [4.69, 9.17) is 0 Å². The zero-order valence-electron chi connectivity index (χ0n) is 35.4. The van der Waals surface area contributed by atoms with Crippen molar-refractivity contribution in [1.29, 1.82) is 0 Å². The zero-order chi connectivity index (χ0) is 42.8. The molecule has 13 rings (SSSR count). The minimum atomic E-state index is 1.07. The van der Waals surface area contributed by atoms with E-state index in [0.717, 1.165) is 39.4 Å². The molecule has 0 aliphatic heterocycles. The molecule has 0 unspecified atom stereocenters. The average Bonchev–Trinajstić information content (AvgIpc) is 3.93. The molecule has 11 aromatic carbocycles. The number of hydrogen-bond donors (Lipinski definition) is 0. The fraction of sp³-hybridized carbons (Fsp3) is 0. The molecular weight excluding hydrogens is 805 g/mol. The van der Waals surface area contributed by atoms with Crippen molar-refractivity contribution < 1.29 is 0 Å². The highest BCUT2D eigenvalue weighted by atomic mass is 32.1. The molecule has 0 bridgehead atoms. The Kier molecular flexibility index (Phi) is 8.75. The molecule has 2 nitrogen and oxygen atoms in total. The van der Waals surface area contributed by atoms with Crippen LogP contribution < -0.4 is 4.90 Å². The number of fused-ring (bicyclic) bond motifs is 9. The number of para-hydroxylation sites is 4. The van der Waals surface area contributed by atoms with Crippen LogP contribution in [0.15, 0.2) is 243 Å². The molecule has 2 heterocycles. The van der Waals surface area contributed by atoms with Crippen LogP contribution in [-0.4, -0.2) is 4.57 Å². The van der Waals surface area contributed by atoms with Gasteiger partial charge in [0, 0.05) is 42.2 Å². The van der Waals surface area contributed by atoms with Gasteiger partial charge < -0.3 is 9.47 Å². The fourth-order valence-electron chi connectivity index (χ4n) is 10.2. The van der Waals surface area contributed by atoms with Crippen LogP contribution in [0.3, 0.4) is 0 Å². The quantitative estimate of drug-likeness (QED) is 0.145. The van der Waals surface area contributed by atoms with Crippen LogP contribution in [-0.2, 0) is 0 Å². The summed E-state index contributed by atoms with van der Waals surface area (Å²) in [7, 11) is 0. The maximum absolute atomic E-state index is 2.50. The SMILES string of the molecule is c1ccc(-c2ccc(-c3cc4ccccc4c4ccccc34)cc2N(c2ccc(-c3cccc4c3sc3ccccc34)cc2)c2ccccc2-n2c3ccccc3c3ccccc32)cc1. The molecule has 0 N–H and O–H groups in total. The third-order valence-corrected chi connectivity index (χ3v) is 14.4. The summed E-state index contributed by atoms with van der Waals surface area (Å²) in [5, 5.41) is 10.1. The topological polar surface area (TPSA) is 8.17 Å². The fourth-order valence-corrected chi connectivity index (χ4v) is 11.5. The Morgan fingerprint density at radius 1 is 0.323 bits per heavy atom. The lowest BCUT2D eigenvalue weighted by Crippen LogP contribution is -2.14. The van der Waals surface area contributed by atoms with Gasteiger partial charge in [0.25, 0.3) is 0 Å². The Morgan fingerprint density at radius 3 is 1.69 bits per heavy atom. The highest BCUT2D eigenvalue weighted by Gasteiger charge is 2.24. The Hall–Kier alpha value is -8.24. The zero-order valence-corrected chi connectivity index (χ0v) is 36.2. The Labute approximate surface area is 381 Å². The third kappa shape index (κ3) is 6.08. The van der Waals surface area contributed by atoms with Gasteiger partial charge >= 0.3 is 0 Å². The van der Waals surface area contributed by atoms with Crippen LogP contribution in [0, 0.1) is 0 Å². The van der Waals surface area contributed by atoms with Crippen LogP contribution in [0.2, 0.25) is 0 Å². The van der Waals surface area contributed by atoms with Crippen LogP contribution >= 0.6 is 11.3 Å². The lowest BCUT2D eigenvalue weighted by atomic mass is 9.91. The maximum Gasteiger partial charge on any atom is 0.0702 e. The van der Waals surface area contributed by atoms with Crippen LogP contribution in [0.1, 0.15) is 0 Å². The standard InChI is InChI=1S/C62H40N2S/c1-2-17-41(18-3-1)47-38-35-44(55-39-43-19-4-5-20-46(43)49-21-6-7-22-50(49)55)40-60(47)63(45-36-33-42(34-37-45)48-26-16-27-54-53-25-10-15-32-61(53)65-62(48)54)58-30-13-14-31-59(58)64-56-28-11-8-23-51(56)52-24-9-12-29-57(52)64/h1-40H. The number of nitrogens with zero attached hydrogens (tertiary/aromatic N) is 2. The molecule has 0 atom stereocenters. The minimum Gasteiger partial charge on any atom is -0.308 e. The molecular formula is C62H40N2S. The maximum atomic E-state index is 2.50. The molecule has 13 aromatic rings. The summed E-state index contributed by atoms with van der Waals surface area (Å²) in [5.74, 6) is 0. The van der Waals surface area contributed by atoms with Gasteiger partial charge in [-0.25, -0.2) is 0 Å². The second-order valence-corrected chi connectivity index (χ2v) is 17.9. The summed E-state index contributed by atoms with van der Waals surface area (Å²) in [6, 6.07) is 89.1. The van der Waals surface area contributed by atoms with E-state index in [1.54, 1.807) is 0 Å². The first-order valence-electron chi connectivity index (χ1n) is 22.3. The predicted octanol–water partition coefficient (Wildman–Crippen LogP) is 17.9. The largest absolute Gasteiger partial charge is 0.308 e. The van der Waals surface area contributed by atoms with Gasteiger partial charge in [-0.3, -0.25) is 0 Å². The van der Waals surface area contributed by atoms with E-state index in [1.807, 2.05) is 11.3 Å². The Morgan fingerprint density at radius 2 is 0.908 bits per heavy atom. The summed E-state index contributed by atoms with van der Waals surface area (Å²) in [5.41, 5.74) is 13.8. The van der Waals surface area contributed by atoms with E-state index < -0.39 is 0 Å². The molecule has 0 saturated carbocycles. The number of aromatic nitrogens is 1. The monoisotopic (exact) mass is 844 g/mol. The lowest BCUT2D eigenvalue weighted by molar-refractivity contribution is 1.15. The first-order valence-corrected chi connectivity index (χ1v) is 23.1. The summed E-state index contributed by atoms with van der Waals surface area (Å²) < 4.78 is 5.08. The van der Waals surface area contributed by atoms with Crippen molar-refractivity contribution in [3.05, 3.63) is 243 Å². The summed E-state index contributed by atoms with van der Waals surface area (Å²) in [4.78, 5) is 2.50. The van der Waals surface area contributed by atoms with Crippen molar-refractivity contribution in [1.82, 2.24) is 4.57 Å². The molecule has 3 heteroatoms. The molecule has 65 heavy (non-hydrogen) atoms. The third-order valence-electron chi connectivity index (χ3n) is 13.2. The van der Waals surface area contributed by atoms with E-state index in [-0.39, 0.29) is 0 Å². The van der Waals surface area contributed by atoms with Gasteiger partial charge in [0.2, 0.25) is 0 Å². The number of rotatable bonds is 7. The summed E-state index contributed by atoms with van der Waals surface area (Å²) in [6.07, 6.45) is 0. The molecule has 2 aromatic heterocycles. The second-order valence-electron chi connectivity index (χ2n) is 16.8. The van der Waals surface area contributed by atoms with E-state index in [0.29, 0.717) is 0 Å². The van der Waals surface area contributed by atoms with E-state index in [9.17, 15) is 0 Å². The smallest absolute Gasteiger partial charge is 0.0702 e. The summed E-state index contributed by atoms with van der Waals surface area (Å²) >= 11 is 1.88. The Balaban J connectivity index is 1.09. The van der Waals surface area contributed by atoms with Crippen LogP contribution in [0.5, 0.6) is 0 Å². The van der Waals surface area contributed by atoms with E-state index in [1.165, 1.54) is 80.2 Å². The van der Waals surface area contributed by atoms with Crippen molar-refractivity contribution in [3.8, 4) is 39.1 Å². The predicted molar refractivity (Wildman–Crippen MR) is 280 cm³/mol. The first-order chi connectivity index (χ1) is 32.3. The number of hydrogen-bond acceptors (Lipinski definition) is 2. The van der Waals surface area contributed by atoms with Gasteiger partial charge in [-0.05, 0) is 104 Å². The molecule has 0 saturated heterocycles. The highest BCUT2D eigenvalue weighted by molar-refractivity contribution is 7.26. The number of thiophene rings is 1. The molecule has 0 aliphatic rings. The van der Waals surface area contributed by atoms with E-state index in [2.05, 4.69) is 252 Å². The Bertz CT molecular complexity index is 3900. The van der Waals surface area contributed by atoms with Crippen molar-refractivity contribution in [3.63, 3.8) is 0 Å². The van der Waals surface area contributed by atoms with E-state index >= 15 is 0 Å². The molecule has 0 amide bonds. The molecule has 0 spiro atoms. The highest BCUT2D eigenvalue weighted by Crippen LogP contribution is 2.48. The minimum absolute atomic E-state index is 1.07. The van der Waals surface area contributed by atoms with Gasteiger partial charge in [0.15, 0.2) is 0 Å². The number of anilines is 3. The van der Waals surface area contributed by atoms with Crippen LogP contribution in [0.4, 0.5) is 17.1 Å². The normalized spacial score (nSPS) is 11.7. The van der Waals surface area contributed by atoms with Crippen molar-refractivity contribution in [2.75, 3.05) is 4.90 Å². The van der Waals surface area contributed by atoms with Gasteiger partial charge in [-0.15, -0.1) is 11.3 Å². The average molecular weight is 845 g/mol. The van der Waals surface area contributed by atoms with Gasteiger partial charge in [0.05, 0.1) is 28.1 Å². The first kappa shape index (κ1) is 37.3. The number of benzene rings is 11. The lowest BCUT2D eigenvalue weighted by Gasteiger charge is -2.31. The molecule has 0 radical (unpaired) electrons. The van der Waals surface area contributed by atoms with Gasteiger partial charge in [-0.2, -0.15) is 0 Å². The molecule has 0 aliphatic carbocycles. The van der Waals surface area contributed by atoms with Crippen molar-refractivity contribution in [2.24, 2.45) is 0 Å². The van der Waals surface area contributed by atoms with Crippen molar-refractivity contribution >= 4 is 91.9 Å². The molecule has 304 valence electrons. The van der Waals surface area contributed by atoms with Gasteiger partial charge in [0.1, 0.15) is 0 Å². The van der Waals surface area contributed by atoms with Crippen LogP contribution in [0.25, 0.3) is 103 Å². The summed E-state index contributed by atoms with van der Waals surface area (Å²) in [6.45, 7) is 0. The molecule has 0 fully saturated rings.